The number of imidazole rings is 1. The van der Waals surface area contributed by atoms with Gasteiger partial charge in [0, 0.05) is 18.3 Å². The largest absolute Gasteiger partial charge is 0.392 e. The van der Waals surface area contributed by atoms with Gasteiger partial charge in [0.1, 0.15) is 5.69 Å². The topological polar surface area (TPSA) is 56.7 Å². The summed E-state index contributed by atoms with van der Waals surface area (Å²) in [6.07, 6.45) is 1.61. The second kappa shape index (κ2) is 5.17. The number of rotatable bonds is 3. The fourth-order valence-corrected chi connectivity index (χ4v) is 2.26. The number of halogens is 2. The van der Waals surface area contributed by atoms with Gasteiger partial charge in [-0.05, 0) is 12.1 Å². The second-order valence-corrected chi connectivity index (χ2v) is 4.98. The van der Waals surface area contributed by atoms with E-state index in [2.05, 4.69) is 9.97 Å². The Morgan fingerprint density at radius 2 is 2.00 bits per heavy atom. The monoisotopic (exact) mass is 304 g/mol. The van der Waals surface area contributed by atoms with Gasteiger partial charge in [0.05, 0.1) is 22.6 Å². The van der Waals surface area contributed by atoms with Crippen LogP contribution in [0, 0.1) is 11.6 Å². The number of hydrogen-bond donors (Lipinski definition) is 1. The first-order chi connectivity index (χ1) is 10.1. The molecule has 0 spiro atoms. The summed E-state index contributed by atoms with van der Waals surface area (Å²) in [5.74, 6) is -1.43. The summed E-state index contributed by atoms with van der Waals surface area (Å²) >= 11 is 4.92. The average Bonchev–Trinajstić information content (AvgIpc) is 2.78. The lowest BCUT2D eigenvalue weighted by Crippen LogP contribution is -2.17. The Hall–Kier alpha value is -2.41. The SMILES string of the molecule is NC(=S)Cn1c(-c2ccccn2)nc2cc(F)c(F)cc21. The molecule has 1 aromatic carbocycles. The third-order valence-electron chi connectivity index (χ3n) is 3.00. The Morgan fingerprint density at radius 1 is 1.24 bits per heavy atom. The Balaban J connectivity index is 2.30. The number of nitrogens with zero attached hydrogens (tertiary/aromatic N) is 3. The fraction of sp³-hybridized carbons (Fsp3) is 0.0714. The summed E-state index contributed by atoms with van der Waals surface area (Å²) in [5, 5.41) is 0. The third-order valence-corrected chi connectivity index (χ3v) is 3.13. The van der Waals surface area contributed by atoms with Gasteiger partial charge in [0.2, 0.25) is 0 Å². The van der Waals surface area contributed by atoms with Crippen molar-refractivity contribution in [2.24, 2.45) is 5.73 Å². The van der Waals surface area contributed by atoms with Gasteiger partial charge < -0.3 is 10.3 Å². The summed E-state index contributed by atoms with van der Waals surface area (Å²) in [6.45, 7) is 0.169. The van der Waals surface area contributed by atoms with Crippen LogP contribution >= 0.6 is 12.2 Å². The molecule has 0 aliphatic heterocycles. The summed E-state index contributed by atoms with van der Waals surface area (Å²) in [6, 6.07) is 7.46. The second-order valence-electron chi connectivity index (χ2n) is 4.46. The first-order valence-electron chi connectivity index (χ1n) is 6.11. The standard InChI is InChI=1S/C14H10F2N4S/c15-8-5-11-12(6-9(8)16)20(7-13(17)21)14(19-11)10-3-1-2-4-18-10/h1-6H,7H2,(H2,17,21). The highest BCUT2D eigenvalue weighted by molar-refractivity contribution is 7.80. The van der Waals surface area contributed by atoms with Crippen LogP contribution in [-0.4, -0.2) is 19.5 Å². The van der Waals surface area contributed by atoms with Gasteiger partial charge >= 0.3 is 0 Å². The van der Waals surface area contributed by atoms with E-state index in [4.69, 9.17) is 18.0 Å². The normalized spacial score (nSPS) is 11.0. The Labute approximate surface area is 124 Å². The van der Waals surface area contributed by atoms with Crippen molar-refractivity contribution < 1.29 is 8.78 Å². The number of benzene rings is 1. The maximum Gasteiger partial charge on any atom is 0.161 e. The highest BCUT2D eigenvalue weighted by Crippen LogP contribution is 2.25. The van der Waals surface area contributed by atoms with Crippen LogP contribution in [0.1, 0.15) is 0 Å². The van der Waals surface area contributed by atoms with E-state index in [1.807, 2.05) is 0 Å². The molecular formula is C14H10F2N4S. The van der Waals surface area contributed by atoms with Crippen molar-refractivity contribution >= 4 is 28.2 Å². The summed E-state index contributed by atoms with van der Waals surface area (Å²) in [4.78, 5) is 8.74. The van der Waals surface area contributed by atoms with E-state index in [0.717, 1.165) is 12.1 Å². The quantitative estimate of drug-likeness (QED) is 0.756. The molecule has 3 rings (SSSR count). The van der Waals surface area contributed by atoms with E-state index in [-0.39, 0.29) is 11.5 Å². The van der Waals surface area contributed by atoms with Crippen LogP contribution in [0.15, 0.2) is 36.5 Å². The highest BCUT2D eigenvalue weighted by Gasteiger charge is 2.16. The predicted octanol–water partition coefficient (Wildman–Crippen LogP) is 2.66. The smallest absolute Gasteiger partial charge is 0.161 e. The van der Waals surface area contributed by atoms with Crippen molar-refractivity contribution in [1.29, 1.82) is 0 Å². The third kappa shape index (κ3) is 2.47. The molecule has 7 heteroatoms. The van der Waals surface area contributed by atoms with Crippen molar-refractivity contribution in [3.05, 3.63) is 48.2 Å². The van der Waals surface area contributed by atoms with E-state index < -0.39 is 11.6 Å². The van der Waals surface area contributed by atoms with E-state index >= 15 is 0 Å². The Kier molecular flexibility index (Phi) is 3.34. The molecule has 0 radical (unpaired) electrons. The molecule has 0 aliphatic carbocycles. The van der Waals surface area contributed by atoms with Crippen molar-refractivity contribution in [3.8, 4) is 11.5 Å². The lowest BCUT2D eigenvalue weighted by atomic mass is 10.3. The molecule has 21 heavy (non-hydrogen) atoms. The zero-order valence-corrected chi connectivity index (χ0v) is 11.6. The first-order valence-corrected chi connectivity index (χ1v) is 6.52. The molecule has 0 saturated heterocycles. The number of pyridine rings is 1. The van der Waals surface area contributed by atoms with Crippen LogP contribution in [0.2, 0.25) is 0 Å². The fourth-order valence-electron chi connectivity index (χ4n) is 2.13. The molecule has 0 fully saturated rings. The van der Waals surface area contributed by atoms with Crippen molar-refractivity contribution in [2.75, 3.05) is 0 Å². The van der Waals surface area contributed by atoms with Crippen LogP contribution < -0.4 is 5.73 Å². The van der Waals surface area contributed by atoms with Gasteiger partial charge in [-0.25, -0.2) is 13.8 Å². The molecular weight excluding hydrogens is 294 g/mol. The number of nitrogens with two attached hydrogens (primary N) is 1. The molecule has 0 atom stereocenters. The van der Waals surface area contributed by atoms with Gasteiger partial charge in [-0.3, -0.25) is 4.98 Å². The van der Waals surface area contributed by atoms with Crippen LogP contribution in [0.5, 0.6) is 0 Å². The number of hydrogen-bond acceptors (Lipinski definition) is 3. The molecule has 106 valence electrons. The zero-order chi connectivity index (χ0) is 15.0. The average molecular weight is 304 g/mol. The Bertz CT molecular complexity index is 830. The van der Waals surface area contributed by atoms with Crippen LogP contribution in [0.3, 0.4) is 0 Å². The van der Waals surface area contributed by atoms with Gasteiger partial charge in [-0.1, -0.05) is 18.3 Å². The van der Waals surface area contributed by atoms with Gasteiger partial charge in [0.25, 0.3) is 0 Å². The first kappa shape index (κ1) is 13.6. The molecule has 0 saturated carbocycles. The van der Waals surface area contributed by atoms with Crippen molar-refractivity contribution in [3.63, 3.8) is 0 Å². The van der Waals surface area contributed by atoms with Gasteiger partial charge in [-0.2, -0.15) is 0 Å². The molecule has 3 aromatic rings. The molecule has 0 bridgehead atoms. The van der Waals surface area contributed by atoms with Gasteiger partial charge in [0.15, 0.2) is 17.5 Å². The summed E-state index contributed by atoms with van der Waals surface area (Å²) in [7, 11) is 0. The van der Waals surface area contributed by atoms with Crippen LogP contribution in [0.4, 0.5) is 8.78 Å². The number of fused-ring (bicyclic) bond motifs is 1. The molecule has 2 N–H and O–H groups in total. The van der Waals surface area contributed by atoms with Crippen molar-refractivity contribution in [1.82, 2.24) is 14.5 Å². The molecule has 0 unspecified atom stereocenters. The lowest BCUT2D eigenvalue weighted by molar-refractivity contribution is 0.510. The zero-order valence-electron chi connectivity index (χ0n) is 10.8. The van der Waals surface area contributed by atoms with Crippen LogP contribution in [0.25, 0.3) is 22.6 Å². The predicted molar refractivity (Wildman–Crippen MR) is 79.7 cm³/mol. The number of aromatic nitrogens is 3. The molecule has 0 aliphatic rings. The highest BCUT2D eigenvalue weighted by atomic mass is 32.1. The van der Waals surface area contributed by atoms with Crippen molar-refractivity contribution in [2.45, 2.75) is 6.54 Å². The lowest BCUT2D eigenvalue weighted by Gasteiger charge is -2.07. The molecule has 0 amide bonds. The minimum Gasteiger partial charge on any atom is -0.392 e. The number of thiocarbonyl (C=S) groups is 1. The molecule has 2 aromatic heterocycles. The maximum atomic E-state index is 13.5. The Morgan fingerprint density at radius 3 is 2.67 bits per heavy atom. The van der Waals surface area contributed by atoms with E-state index in [9.17, 15) is 8.78 Å². The van der Waals surface area contributed by atoms with Gasteiger partial charge in [-0.15, -0.1) is 0 Å². The molecule has 4 nitrogen and oxygen atoms in total. The van der Waals surface area contributed by atoms with E-state index in [1.165, 1.54) is 0 Å². The minimum absolute atomic E-state index is 0.169. The molecule has 2 heterocycles. The maximum absolute atomic E-state index is 13.5. The minimum atomic E-state index is -0.949. The van der Waals surface area contributed by atoms with E-state index in [0.29, 0.717) is 22.6 Å². The van der Waals surface area contributed by atoms with E-state index in [1.54, 1.807) is 29.0 Å². The summed E-state index contributed by atoms with van der Waals surface area (Å²) < 4.78 is 28.5. The summed E-state index contributed by atoms with van der Waals surface area (Å²) in [5.41, 5.74) is 6.90. The van der Waals surface area contributed by atoms with Crippen LogP contribution in [-0.2, 0) is 6.54 Å².